The Labute approximate surface area is 71.0 Å². The average Bonchev–Trinajstić information content (AvgIpc) is 2.05. The highest BCUT2D eigenvalue weighted by atomic mass is 19.3. The predicted molar refractivity (Wildman–Crippen MR) is 42.2 cm³/mol. The van der Waals surface area contributed by atoms with Crippen LogP contribution in [0.1, 0.15) is 19.8 Å². The van der Waals surface area contributed by atoms with Gasteiger partial charge in [-0.15, -0.1) is 0 Å². The highest BCUT2D eigenvalue weighted by Crippen LogP contribution is 2.32. The molecule has 1 aliphatic rings. The van der Waals surface area contributed by atoms with Crippen molar-refractivity contribution in [1.82, 2.24) is 5.32 Å². The second kappa shape index (κ2) is 3.66. The summed E-state index contributed by atoms with van der Waals surface area (Å²) in [4.78, 5) is 0. The first-order chi connectivity index (χ1) is 5.56. The van der Waals surface area contributed by atoms with Crippen LogP contribution in [0.2, 0.25) is 0 Å². The van der Waals surface area contributed by atoms with E-state index in [4.69, 9.17) is 5.11 Å². The normalized spacial score (nSPS) is 32.0. The van der Waals surface area contributed by atoms with Crippen LogP contribution in [-0.4, -0.2) is 30.2 Å². The van der Waals surface area contributed by atoms with Crippen molar-refractivity contribution in [2.75, 3.05) is 13.1 Å². The molecule has 1 saturated heterocycles. The molecule has 1 aliphatic heterocycles. The van der Waals surface area contributed by atoms with Crippen LogP contribution in [0, 0.1) is 5.92 Å². The van der Waals surface area contributed by atoms with Gasteiger partial charge in [-0.2, -0.15) is 0 Å². The third kappa shape index (κ3) is 2.14. The molecule has 2 nitrogen and oxygen atoms in total. The molecule has 0 bridgehead atoms. The van der Waals surface area contributed by atoms with Crippen molar-refractivity contribution in [3.63, 3.8) is 0 Å². The topological polar surface area (TPSA) is 32.3 Å². The summed E-state index contributed by atoms with van der Waals surface area (Å²) < 4.78 is 26.1. The van der Waals surface area contributed by atoms with Crippen molar-refractivity contribution in [2.24, 2.45) is 5.92 Å². The minimum Gasteiger partial charge on any atom is -0.392 e. The van der Waals surface area contributed by atoms with Crippen LogP contribution >= 0.6 is 0 Å². The maximum Gasteiger partial charge on any atom is 0.251 e. The molecule has 0 aromatic heterocycles. The van der Waals surface area contributed by atoms with Crippen molar-refractivity contribution in [1.29, 1.82) is 0 Å². The number of aliphatic hydroxyl groups is 1. The molecule has 0 saturated carbocycles. The van der Waals surface area contributed by atoms with Gasteiger partial charge in [0.15, 0.2) is 0 Å². The summed E-state index contributed by atoms with van der Waals surface area (Å²) in [6, 6.07) is 0. The quantitative estimate of drug-likeness (QED) is 0.663. The lowest BCUT2D eigenvalue weighted by Gasteiger charge is -2.32. The van der Waals surface area contributed by atoms with Crippen molar-refractivity contribution >= 4 is 0 Å². The summed E-state index contributed by atoms with van der Waals surface area (Å²) in [6.45, 7) is 2.23. The Balaban J connectivity index is 2.50. The first-order valence-corrected chi connectivity index (χ1v) is 4.33. The van der Waals surface area contributed by atoms with Gasteiger partial charge in [0.05, 0.1) is 6.10 Å². The van der Waals surface area contributed by atoms with Gasteiger partial charge in [0.2, 0.25) is 0 Å². The Morgan fingerprint density at radius 1 is 1.50 bits per heavy atom. The second-order valence-electron chi connectivity index (χ2n) is 3.36. The van der Waals surface area contributed by atoms with E-state index >= 15 is 0 Å². The number of hydrogen-bond acceptors (Lipinski definition) is 2. The molecule has 0 aliphatic carbocycles. The van der Waals surface area contributed by atoms with Crippen molar-refractivity contribution < 1.29 is 13.9 Å². The Morgan fingerprint density at radius 2 is 2.17 bits per heavy atom. The summed E-state index contributed by atoms with van der Waals surface area (Å²) in [5.74, 6) is -3.33. The largest absolute Gasteiger partial charge is 0.392 e. The van der Waals surface area contributed by atoms with E-state index in [1.165, 1.54) is 6.92 Å². The second-order valence-corrected chi connectivity index (χ2v) is 3.36. The molecule has 0 spiro atoms. The lowest BCUT2D eigenvalue weighted by molar-refractivity contribution is -0.0840. The van der Waals surface area contributed by atoms with Gasteiger partial charge >= 0.3 is 0 Å². The van der Waals surface area contributed by atoms with E-state index in [2.05, 4.69) is 5.32 Å². The fourth-order valence-corrected chi connectivity index (χ4v) is 1.53. The molecule has 72 valence electrons. The summed E-state index contributed by atoms with van der Waals surface area (Å²) in [5, 5.41) is 11.9. The molecule has 2 unspecified atom stereocenters. The zero-order chi connectivity index (χ0) is 9.19. The number of aliphatic hydroxyl groups excluding tert-OH is 1. The van der Waals surface area contributed by atoms with E-state index in [0.29, 0.717) is 13.1 Å². The molecule has 1 fully saturated rings. The zero-order valence-corrected chi connectivity index (χ0v) is 7.19. The van der Waals surface area contributed by atoms with Crippen LogP contribution in [0.5, 0.6) is 0 Å². The number of piperidine rings is 1. The number of β-amino-alcohol motifs (C(OH)–C–C–N with tert-alkyl or cyclic N) is 1. The summed E-state index contributed by atoms with van der Waals surface area (Å²) >= 11 is 0. The fraction of sp³-hybridized carbons (Fsp3) is 1.00. The number of hydrogen-bond donors (Lipinski definition) is 2. The summed E-state index contributed by atoms with van der Waals surface area (Å²) in [5.41, 5.74) is 0. The highest BCUT2D eigenvalue weighted by Gasteiger charge is 2.39. The number of rotatable bonds is 2. The first kappa shape index (κ1) is 9.86. The minimum atomic E-state index is -2.63. The third-order valence-electron chi connectivity index (χ3n) is 2.40. The van der Waals surface area contributed by atoms with Gasteiger partial charge in [-0.3, -0.25) is 0 Å². The average molecular weight is 179 g/mol. The van der Waals surface area contributed by atoms with Gasteiger partial charge in [0.25, 0.3) is 5.92 Å². The number of halogens is 2. The van der Waals surface area contributed by atoms with Crippen LogP contribution in [0.3, 0.4) is 0 Å². The fourth-order valence-electron chi connectivity index (χ4n) is 1.53. The van der Waals surface area contributed by atoms with Gasteiger partial charge < -0.3 is 10.4 Å². The van der Waals surface area contributed by atoms with E-state index in [9.17, 15) is 8.78 Å². The molecule has 1 heterocycles. The molecule has 4 heteroatoms. The first-order valence-electron chi connectivity index (χ1n) is 4.33. The highest BCUT2D eigenvalue weighted by molar-refractivity contribution is 4.84. The molecule has 0 aromatic rings. The van der Waals surface area contributed by atoms with Crippen LogP contribution in [-0.2, 0) is 0 Å². The van der Waals surface area contributed by atoms with Gasteiger partial charge in [0, 0.05) is 25.4 Å². The molecule has 0 amide bonds. The Kier molecular flexibility index (Phi) is 3.01. The molecular weight excluding hydrogens is 164 g/mol. The van der Waals surface area contributed by atoms with E-state index in [1.54, 1.807) is 0 Å². The third-order valence-corrected chi connectivity index (χ3v) is 2.40. The molecular formula is C8H15F2NO. The number of nitrogens with one attached hydrogen (secondary N) is 1. The Hall–Kier alpha value is -0.220. The van der Waals surface area contributed by atoms with Crippen molar-refractivity contribution in [3.05, 3.63) is 0 Å². The van der Waals surface area contributed by atoms with Crippen LogP contribution in [0.4, 0.5) is 8.78 Å². The molecule has 2 atom stereocenters. The smallest absolute Gasteiger partial charge is 0.251 e. The monoisotopic (exact) mass is 179 g/mol. The van der Waals surface area contributed by atoms with Gasteiger partial charge in [-0.25, -0.2) is 8.78 Å². The van der Waals surface area contributed by atoms with Crippen LogP contribution in [0.15, 0.2) is 0 Å². The maximum absolute atomic E-state index is 13.1. The summed E-state index contributed by atoms with van der Waals surface area (Å²) in [6.07, 6.45) is -0.541. The van der Waals surface area contributed by atoms with Gasteiger partial charge in [-0.1, -0.05) is 6.92 Å². The standard InChI is InChI=1S/C8H15F2NO/c1-2-8(9,10)6-3-7(12)5-11-4-6/h6-7,11-12H,2-5H2,1H3. The molecule has 0 aromatic carbocycles. The Bertz CT molecular complexity index is 152. The lowest BCUT2D eigenvalue weighted by atomic mass is 9.90. The molecule has 12 heavy (non-hydrogen) atoms. The SMILES string of the molecule is CCC(F)(F)C1CNCC(O)C1. The Morgan fingerprint density at radius 3 is 2.67 bits per heavy atom. The van der Waals surface area contributed by atoms with E-state index < -0.39 is 17.9 Å². The van der Waals surface area contributed by atoms with Gasteiger partial charge in [-0.05, 0) is 6.42 Å². The lowest BCUT2D eigenvalue weighted by Crippen LogP contribution is -2.46. The predicted octanol–water partition coefficient (Wildman–Crippen LogP) is 1.00. The summed E-state index contributed by atoms with van der Waals surface area (Å²) in [7, 11) is 0. The minimum absolute atomic E-state index is 0.147. The van der Waals surface area contributed by atoms with Crippen molar-refractivity contribution in [2.45, 2.75) is 31.8 Å². The number of alkyl halides is 2. The van der Waals surface area contributed by atoms with E-state index in [0.717, 1.165) is 0 Å². The van der Waals surface area contributed by atoms with E-state index in [-0.39, 0.29) is 12.8 Å². The van der Waals surface area contributed by atoms with Gasteiger partial charge in [0.1, 0.15) is 0 Å². The molecule has 0 radical (unpaired) electrons. The molecule has 2 N–H and O–H groups in total. The maximum atomic E-state index is 13.1. The zero-order valence-electron chi connectivity index (χ0n) is 7.19. The molecule has 1 rings (SSSR count). The van der Waals surface area contributed by atoms with Crippen LogP contribution < -0.4 is 5.32 Å². The van der Waals surface area contributed by atoms with E-state index in [1.807, 2.05) is 0 Å². The van der Waals surface area contributed by atoms with Crippen molar-refractivity contribution in [3.8, 4) is 0 Å². The van der Waals surface area contributed by atoms with Crippen LogP contribution in [0.25, 0.3) is 0 Å².